The molecule has 0 spiro atoms. The van der Waals surface area contributed by atoms with Crippen molar-refractivity contribution in [1.82, 2.24) is 4.31 Å². The van der Waals surface area contributed by atoms with Gasteiger partial charge in [-0.1, -0.05) is 6.92 Å². The number of carboxylic acid groups (broad SMARTS) is 1. The predicted molar refractivity (Wildman–Crippen MR) is 77.9 cm³/mol. The van der Waals surface area contributed by atoms with Gasteiger partial charge in [-0.3, -0.25) is 0 Å². The van der Waals surface area contributed by atoms with E-state index in [2.05, 4.69) is 0 Å². The Morgan fingerprint density at radius 2 is 2.19 bits per heavy atom. The molecule has 0 aromatic carbocycles. The molecule has 1 aromatic rings. The minimum atomic E-state index is -3.87. The molecule has 10 heteroatoms. The van der Waals surface area contributed by atoms with Crippen molar-refractivity contribution in [3.8, 4) is 0 Å². The second-order valence-corrected chi connectivity index (χ2v) is 9.98. The van der Waals surface area contributed by atoms with Crippen LogP contribution in [0.25, 0.3) is 0 Å². The molecule has 0 amide bonds. The molecule has 2 heterocycles. The van der Waals surface area contributed by atoms with E-state index in [0.29, 0.717) is 0 Å². The van der Waals surface area contributed by atoms with Crippen LogP contribution in [0.15, 0.2) is 15.7 Å². The molecule has 21 heavy (non-hydrogen) atoms. The van der Waals surface area contributed by atoms with Gasteiger partial charge in [-0.2, -0.15) is 4.31 Å². The van der Waals surface area contributed by atoms with Crippen molar-refractivity contribution < 1.29 is 26.7 Å². The molecule has 0 aliphatic carbocycles. The monoisotopic (exact) mass is 353 g/mol. The van der Waals surface area contributed by atoms with E-state index in [9.17, 15) is 21.6 Å². The number of nitrogens with zero attached hydrogens (tertiary/aromatic N) is 1. The molecule has 0 saturated carbocycles. The van der Waals surface area contributed by atoms with Crippen molar-refractivity contribution >= 4 is 37.2 Å². The topological polar surface area (TPSA) is 109 Å². The van der Waals surface area contributed by atoms with Crippen LogP contribution in [0.5, 0.6) is 0 Å². The third-order valence-corrected chi connectivity index (χ3v) is 8.51. The molecule has 1 atom stereocenters. The number of carboxylic acids is 1. The largest absolute Gasteiger partial charge is 0.478 e. The van der Waals surface area contributed by atoms with Gasteiger partial charge in [-0.25, -0.2) is 21.6 Å². The van der Waals surface area contributed by atoms with Crippen molar-refractivity contribution in [3.05, 3.63) is 17.0 Å². The smallest absolute Gasteiger partial charge is 0.336 e. The number of carbonyl (C=O) groups is 1. The van der Waals surface area contributed by atoms with E-state index in [1.165, 1.54) is 5.38 Å². The molecule has 1 aliphatic heterocycles. The average Bonchev–Trinajstić information content (AvgIpc) is 2.97. The van der Waals surface area contributed by atoms with E-state index in [0.717, 1.165) is 21.7 Å². The van der Waals surface area contributed by atoms with Crippen molar-refractivity contribution in [1.29, 1.82) is 0 Å². The van der Waals surface area contributed by atoms with Crippen LogP contribution in [0.2, 0.25) is 0 Å². The van der Waals surface area contributed by atoms with Gasteiger partial charge in [0.1, 0.15) is 4.21 Å². The standard InChI is InChI=1S/C11H15NO6S3/c1-2-12(9-3-4-20(15,16)7-9)21(17,18)10-5-8(6-19-10)11(13)14/h5-6,9H,2-4,7H2,1H3,(H,13,14). The summed E-state index contributed by atoms with van der Waals surface area (Å²) in [6.45, 7) is 1.77. The Morgan fingerprint density at radius 3 is 2.62 bits per heavy atom. The van der Waals surface area contributed by atoms with Gasteiger partial charge in [-0.05, 0) is 12.5 Å². The summed E-state index contributed by atoms with van der Waals surface area (Å²) < 4.78 is 49.2. The molecule has 0 bridgehead atoms. The number of rotatable bonds is 5. The maximum atomic E-state index is 12.5. The number of aromatic carboxylic acids is 1. The van der Waals surface area contributed by atoms with Crippen LogP contribution in [-0.2, 0) is 19.9 Å². The number of hydrogen-bond donors (Lipinski definition) is 1. The van der Waals surface area contributed by atoms with Gasteiger partial charge in [0, 0.05) is 18.0 Å². The zero-order chi connectivity index (χ0) is 15.8. The summed E-state index contributed by atoms with van der Waals surface area (Å²) in [4.78, 5) is 10.8. The summed E-state index contributed by atoms with van der Waals surface area (Å²) in [7, 11) is -7.07. The van der Waals surface area contributed by atoms with Gasteiger partial charge >= 0.3 is 5.97 Å². The fraction of sp³-hybridized carbons (Fsp3) is 0.545. The maximum Gasteiger partial charge on any atom is 0.336 e. The number of sulfonamides is 1. The fourth-order valence-electron chi connectivity index (χ4n) is 2.31. The first kappa shape index (κ1) is 16.4. The van der Waals surface area contributed by atoms with Crippen LogP contribution >= 0.6 is 11.3 Å². The van der Waals surface area contributed by atoms with Crippen LogP contribution in [-0.4, -0.2) is 56.3 Å². The Labute approximate surface area is 127 Å². The first-order valence-corrected chi connectivity index (χ1v) is 10.4. The Balaban J connectivity index is 2.33. The number of sulfone groups is 1. The van der Waals surface area contributed by atoms with Crippen molar-refractivity contribution in [3.63, 3.8) is 0 Å². The van der Waals surface area contributed by atoms with Crippen molar-refractivity contribution in [2.75, 3.05) is 18.1 Å². The quantitative estimate of drug-likeness (QED) is 0.832. The van der Waals surface area contributed by atoms with E-state index in [1.807, 2.05) is 0 Å². The van der Waals surface area contributed by atoms with E-state index >= 15 is 0 Å². The van der Waals surface area contributed by atoms with E-state index in [-0.39, 0.29) is 34.2 Å². The van der Waals surface area contributed by atoms with E-state index < -0.39 is 31.9 Å². The Hall–Kier alpha value is -0.970. The van der Waals surface area contributed by atoms with E-state index in [1.54, 1.807) is 6.92 Å². The lowest BCUT2D eigenvalue weighted by Gasteiger charge is -2.25. The molecular formula is C11H15NO6S3. The molecule has 1 N–H and O–H groups in total. The van der Waals surface area contributed by atoms with Crippen molar-refractivity contribution in [2.24, 2.45) is 0 Å². The Kier molecular flexibility index (Phi) is 4.43. The lowest BCUT2D eigenvalue weighted by Crippen LogP contribution is -2.40. The third kappa shape index (κ3) is 3.28. The molecule has 2 rings (SSSR count). The predicted octanol–water partition coefficient (Wildman–Crippen LogP) is 0.644. The molecule has 7 nitrogen and oxygen atoms in total. The number of thiophene rings is 1. The summed E-state index contributed by atoms with van der Waals surface area (Å²) in [6, 6.07) is 0.523. The average molecular weight is 353 g/mol. The van der Waals surface area contributed by atoms with Gasteiger partial charge in [0.15, 0.2) is 9.84 Å². The van der Waals surface area contributed by atoms with Crippen LogP contribution < -0.4 is 0 Å². The first-order valence-electron chi connectivity index (χ1n) is 6.21. The Morgan fingerprint density at radius 1 is 1.52 bits per heavy atom. The highest BCUT2D eigenvalue weighted by atomic mass is 32.2. The summed E-state index contributed by atoms with van der Waals surface area (Å²) in [6.07, 6.45) is 0.270. The second-order valence-electron chi connectivity index (χ2n) is 4.72. The summed E-state index contributed by atoms with van der Waals surface area (Å²) in [5, 5.41) is 10.1. The summed E-state index contributed by atoms with van der Waals surface area (Å²) in [5.74, 6) is -1.40. The van der Waals surface area contributed by atoms with Crippen LogP contribution in [0, 0.1) is 0 Å². The minimum Gasteiger partial charge on any atom is -0.478 e. The van der Waals surface area contributed by atoms with Crippen LogP contribution in [0.1, 0.15) is 23.7 Å². The molecular weight excluding hydrogens is 338 g/mol. The van der Waals surface area contributed by atoms with Gasteiger partial charge in [0.2, 0.25) is 0 Å². The van der Waals surface area contributed by atoms with Gasteiger partial charge in [0.25, 0.3) is 10.0 Å². The first-order chi connectivity index (χ1) is 9.67. The zero-order valence-corrected chi connectivity index (χ0v) is 13.7. The van der Waals surface area contributed by atoms with E-state index in [4.69, 9.17) is 5.11 Å². The lowest BCUT2D eigenvalue weighted by molar-refractivity contribution is 0.0697. The highest BCUT2D eigenvalue weighted by Gasteiger charge is 2.38. The molecule has 1 unspecified atom stereocenters. The summed E-state index contributed by atoms with van der Waals surface area (Å²) in [5.41, 5.74) is -0.0892. The molecule has 1 saturated heterocycles. The van der Waals surface area contributed by atoms with Crippen LogP contribution in [0.3, 0.4) is 0 Å². The highest BCUT2D eigenvalue weighted by molar-refractivity contribution is 7.92. The maximum absolute atomic E-state index is 12.5. The Bertz CT molecular complexity index is 749. The van der Waals surface area contributed by atoms with Gasteiger partial charge in [-0.15, -0.1) is 11.3 Å². The third-order valence-electron chi connectivity index (χ3n) is 3.31. The van der Waals surface area contributed by atoms with Crippen LogP contribution in [0.4, 0.5) is 0 Å². The normalized spacial score (nSPS) is 21.7. The fourth-order valence-corrected chi connectivity index (χ4v) is 7.08. The van der Waals surface area contributed by atoms with Gasteiger partial charge < -0.3 is 5.11 Å². The molecule has 1 fully saturated rings. The molecule has 1 aromatic heterocycles. The molecule has 0 radical (unpaired) electrons. The summed E-state index contributed by atoms with van der Waals surface area (Å²) >= 11 is 0.827. The molecule has 118 valence electrons. The molecule has 1 aliphatic rings. The lowest BCUT2D eigenvalue weighted by atomic mass is 10.3. The highest BCUT2D eigenvalue weighted by Crippen LogP contribution is 2.28. The van der Waals surface area contributed by atoms with Gasteiger partial charge in [0.05, 0.1) is 17.1 Å². The van der Waals surface area contributed by atoms with Crippen molar-refractivity contribution in [2.45, 2.75) is 23.6 Å². The SMILES string of the molecule is CCN(C1CCS(=O)(=O)C1)S(=O)(=O)c1cc(C(=O)O)cs1. The zero-order valence-electron chi connectivity index (χ0n) is 11.2. The second kappa shape index (κ2) is 5.67. The minimum absolute atomic E-state index is 0.0193. The number of hydrogen-bond acceptors (Lipinski definition) is 6.